The third-order valence-electron chi connectivity index (χ3n) is 4.39. The number of hydrogen-bond donors (Lipinski definition) is 0. The molecule has 3 rings (SSSR count). The predicted octanol–water partition coefficient (Wildman–Crippen LogP) is 6.33. The molecule has 0 radical (unpaired) electrons. The van der Waals surface area contributed by atoms with E-state index in [1.807, 2.05) is 0 Å². The number of ether oxygens (including phenoxy) is 1. The lowest BCUT2D eigenvalue weighted by molar-refractivity contribution is -0.230. The topological polar surface area (TPSA) is 9.23 Å². The Morgan fingerprint density at radius 2 is 1.81 bits per heavy atom. The highest BCUT2D eigenvalue weighted by molar-refractivity contribution is 6.31. The van der Waals surface area contributed by atoms with E-state index < -0.39 is 23.4 Å². The maximum absolute atomic E-state index is 13.4. The third-order valence-corrected chi connectivity index (χ3v) is 4.74. The predicted molar refractivity (Wildman–Crippen MR) is 89.4 cm³/mol. The summed E-state index contributed by atoms with van der Waals surface area (Å²) in [7, 11) is 0. The van der Waals surface area contributed by atoms with Gasteiger partial charge in [-0.05, 0) is 54.3 Å². The Kier molecular flexibility index (Phi) is 4.73. The van der Waals surface area contributed by atoms with Crippen molar-refractivity contribution in [3.05, 3.63) is 69.8 Å². The van der Waals surface area contributed by atoms with Gasteiger partial charge in [-0.15, -0.1) is 0 Å². The van der Waals surface area contributed by atoms with E-state index >= 15 is 0 Å². The lowest BCUT2D eigenvalue weighted by atomic mass is 9.93. The van der Waals surface area contributed by atoms with Crippen LogP contribution in [-0.4, -0.2) is 11.8 Å². The number of fused-ring (bicyclic) bond motifs is 1. The van der Waals surface area contributed by atoms with Crippen molar-refractivity contribution >= 4 is 17.7 Å². The van der Waals surface area contributed by atoms with Crippen LogP contribution in [0.3, 0.4) is 0 Å². The van der Waals surface area contributed by atoms with Gasteiger partial charge < -0.3 is 4.74 Å². The van der Waals surface area contributed by atoms with Crippen molar-refractivity contribution in [2.24, 2.45) is 0 Å². The second-order valence-electron chi connectivity index (χ2n) is 6.08. The lowest BCUT2D eigenvalue weighted by Crippen LogP contribution is -2.49. The molecule has 26 heavy (non-hydrogen) atoms. The zero-order chi connectivity index (χ0) is 19.1. The molecule has 0 fully saturated rings. The first-order chi connectivity index (χ1) is 12.1. The Morgan fingerprint density at radius 3 is 2.42 bits per heavy atom. The van der Waals surface area contributed by atoms with Crippen LogP contribution in [0.5, 0.6) is 5.75 Å². The minimum Gasteiger partial charge on any atom is -0.473 e. The van der Waals surface area contributed by atoms with Crippen molar-refractivity contribution in [2.45, 2.75) is 31.5 Å². The second-order valence-corrected chi connectivity index (χ2v) is 6.49. The molecule has 0 amide bonds. The van der Waals surface area contributed by atoms with E-state index in [2.05, 4.69) is 0 Å². The number of rotatable bonds is 3. The van der Waals surface area contributed by atoms with E-state index in [9.17, 15) is 22.0 Å². The Morgan fingerprint density at radius 1 is 1.08 bits per heavy atom. The monoisotopic (exact) mass is 388 g/mol. The number of benzene rings is 2. The summed E-state index contributed by atoms with van der Waals surface area (Å²) in [5.74, 6) is -1.93. The number of hydrogen-bond acceptors (Lipinski definition) is 1. The van der Waals surface area contributed by atoms with E-state index in [4.69, 9.17) is 16.3 Å². The molecule has 0 N–H and O–H groups in total. The first kappa shape index (κ1) is 18.7. The summed E-state index contributed by atoms with van der Waals surface area (Å²) in [6, 6.07) is 6.32. The van der Waals surface area contributed by atoms with Crippen LogP contribution >= 0.6 is 11.6 Å². The van der Waals surface area contributed by atoms with Gasteiger partial charge in [0.1, 0.15) is 5.75 Å². The molecular weight excluding hydrogens is 375 g/mol. The SMILES string of the molecule is CCC1(C(F)(F)F)C=Cc2cc(Cl)c(Cc3ccc(F)c(F)c3)cc2O1. The van der Waals surface area contributed by atoms with Crippen LogP contribution in [0, 0.1) is 11.6 Å². The molecule has 2 aromatic carbocycles. The molecule has 1 atom stereocenters. The van der Waals surface area contributed by atoms with Crippen molar-refractivity contribution in [3.8, 4) is 5.75 Å². The molecular formula is C19H14ClF5O. The summed E-state index contributed by atoms with van der Waals surface area (Å²) >= 11 is 6.20. The van der Waals surface area contributed by atoms with Gasteiger partial charge in [-0.1, -0.05) is 30.7 Å². The Balaban J connectivity index is 1.97. The maximum atomic E-state index is 13.4. The summed E-state index contributed by atoms with van der Waals surface area (Å²) in [4.78, 5) is 0. The van der Waals surface area contributed by atoms with Crippen LogP contribution < -0.4 is 4.74 Å². The van der Waals surface area contributed by atoms with Crippen LogP contribution in [0.15, 0.2) is 36.4 Å². The first-order valence-corrected chi connectivity index (χ1v) is 8.24. The average molecular weight is 389 g/mol. The summed E-state index contributed by atoms with van der Waals surface area (Å²) in [6.45, 7) is 1.39. The van der Waals surface area contributed by atoms with Crippen molar-refractivity contribution in [3.63, 3.8) is 0 Å². The van der Waals surface area contributed by atoms with Crippen LogP contribution in [0.1, 0.15) is 30.0 Å². The minimum atomic E-state index is -4.57. The van der Waals surface area contributed by atoms with E-state index in [1.54, 1.807) is 0 Å². The molecule has 0 bridgehead atoms. The molecule has 1 nitrogen and oxygen atoms in total. The van der Waals surface area contributed by atoms with Crippen molar-refractivity contribution in [1.82, 2.24) is 0 Å². The molecule has 1 aliphatic rings. The number of alkyl halides is 3. The molecule has 7 heteroatoms. The fourth-order valence-electron chi connectivity index (χ4n) is 2.83. The van der Waals surface area contributed by atoms with E-state index in [1.165, 1.54) is 31.2 Å². The normalized spacial score (nSPS) is 19.2. The smallest absolute Gasteiger partial charge is 0.432 e. The highest BCUT2D eigenvalue weighted by Gasteiger charge is 2.55. The van der Waals surface area contributed by atoms with Gasteiger partial charge in [0.05, 0.1) is 0 Å². The van der Waals surface area contributed by atoms with Gasteiger partial charge in [0.15, 0.2) is 11.6 Å². The van der Waals surface area contributed by atoms with Gasteiger partial charge in [0.25, 0.3) is 0 Å². The Bertz CT molecular complexity index is 875. The minimum absolute atomic E-state index is 0.0497. The van der Waals surface area contributed by atoms with E-state index in [0.29, 0.717) is 21.7 Å². The maximum Gasteiger partial charge on any atom is 0.432 e. The fraction of sp³-hybridized carbons (Fsp3) is 0.263. The summed E-state index contributed by atoms with van der Waals surface area (Å²) in [5.41, 5.74) is -1.07. The van der Waals surface area contributed by atoms with E-state index in [0.717, 1.165) is 18.2 Å². The molecule has 0 saturated heterocycles. The highest BCUT2D eigenvalue weighted by atomic mass is 35.5. The summed E-state index contributed by atoms with van der Waals surface area (Å²) in [6.07, 6.45) is -2.41. The number of halogens is 6. The first-order valence-electron chi connectivity index (χ1n) is 7.86. The molecule has 0 saturated carbocycles. The zero-order valence-corrected chi connectivity index (χ0v) is 14.4. The molecule has 0 aliphatic carbocycles. The molecule has 2 aromatic rings. The van der Waals surface area contributed by atoms with Gasteiger partial charge in [0, 0.05) is 10.6 Å². The van der Waals surface area contributed by atoms with Crippen LogP contribution in [-0.2, 0) is 6.42 Å². The molecule has 1 unspecified atom stereocenters. The summed E-state index contributed by atoms with van der Waals surface area (Å²) < 4.78 is 72.0. The van der Waals surface area contributed by atoms with Crippen LogP contribution in [0.25, 0.3) is 6.08 Å². The van der Waals surface area contributed by atoms with Crippen LogP contribution in [0.2, 0.25) is 5.02 Å². The van der Waals surface area contributed by atoms with Crippen molar-refractivity contribution in [1.29, 1.82) is 0 Å². The zero-order valence-electron chi connectivity index (χ0n) is 13.6. The standard InChI is InChI=1S/C19H14ClF5O/c1-2-18(19(23,24)25)6-5-12-9-14(20)13(10-17(12)26-18)7-11-3-4-15(21)16(22)8-11/h3-6,8-10H,2,7H2,1H3. The average Bonchev–Trinajstić information content (AvgIpc) is 2.57. The van der Waals surface area contributed by atoms with Gasteiger partial charge in [-0.25, -0.2) is 8.78 Å². The Labute approximate surface area is 152 Å². The summed E-state index contributed by atoms with van der Waals surface area (Å²) in [5, 5.41) is 0.303. The highest BCUT2D eigenvalue weighted by Crippen LogP contribution is 2.44. The third kappa shape index (κ3) is 3.30. The molecule has 138 valence electrons. The fourth-order valence-corrected chi connectivity index (χ4v) is 3.07. The van der Waals surface area contributed by atoms with Crippen molar-refractivity contribution in [2.75, 3.05) is 0 Å². The van der Waals surface area contributed by atoms with Gasteiger partial charge >= 0.3 is 6.18 Å². The quantitative estimate of drug-likeness (QED) is 0.558. The van der Waals surface area contributed by atoms with Crippen molar-refractivity contribution < 1.29 is 26.7 Å². The van der Waals surface area contributed by atoms with Gasteiger partial charge in [-0.2, -0.15) is 13.2 Å². The van der Waals surface area contributed by atoms with Gasteiger partial charge in [-0.3, -0.25) is 0 Å². The lowest BCUT2D eigenvalue weighted by Gasteiger charge is -2.36. The largest absolute Gasteiger partial charge is 0.473 e. The Hall–Kier alpha value is -2.08. The van der Waals surface area contributed by atoms with Crippen LogP contribution in [0.4, 0.5) is 22.0 Å². The van der Waals surface area contributed by atoms with Gasteiger partial charge in [0.2, 0.25) is 5.60 Å². The second kappa shape index (κ2) is 6.58. The molecule has 1 aliphatic heterocycles. The van der Waals surface area contributed by atoms with E-state index in [-0.39, 0.29) is 18.6 Å². The molecule has 1 heterocycles. The molecule has 0 aromatic heterocycles. The molecule has 0 spiro atoms.